The lowest BCUT2D eigenvalue weighted by atomic mass is 9.96. The number of hydrogen-bond donors (Lipinski definition) is 3. The third kappa shape index (κ3) is 3.79. The first-order chi connectivity index (χ1) is 10.0. The maximum absolute atomic E-state index is 12.2. The number of carbonyl (C=O) groups excluding carboxylic acids is 2. The van der Waals surface area contributed by atoms with Gasteiger partial charge in [0, 0.05) is 12.0 Å². The SMILES string of the molecule is CC(NC(=O)C1CCN(C)CC1)c1cc(C(=O)NO)on1. The van der Waals surface area contributed by atoms with Gasteiger partial charge in [0.05, 0.1) is 6.04 Å². The van der Waals surface area contributed by atoms with E-state index in [-0.39, 0.29) is 23.6 Å². The van der Waals surface area contributed by atoms with Crippen LogP contribution in [0.1, 0.15) is 42.1 Å². The van der Waals surface area contributed by atoms with Crippen molar-refractivity contribution in [1.29, 1.82) is 0 Å². The predicted octanol–water partition coefficient (Wildman–Crippen LogP) is 0.313. The lowest BCUT2D eigenvalue weighted by molar-refractivity contribution is -0.127. The molecular weight excluding hydrogens is 276 g/mol. The topological polar surface area (TPSA) is 108 Å². The summed E-state index contributed by atoms with van der Waals surface area (Å²) < 4.78 is 4.80. The van der Waals surface area contributed by atoms with E-state index in [2.05, 4.69) is 15.4 Å². The van der Waals surface area contributed by atoms with E-state index in [9.17, 15) is 9.59 Å². The van der Waals surface area contributed by atoms with Gasteiger partial charge in [0.25, 0.3) is 0 Å². The second kappa shape index (κ2) is 6.68. The van der Waals surface area contributed by atoms with Gasteiger partial charge in [-0.15, -0.1) is 0 Å². The van der Waals surface area contributed by atoms with Crippen molar-refractivity contribution in [2.24, 2.45) is 5.92 Å². The molecule has 8 heteroatoms. The number of nitrogens with one attached hydrogen (secondary N) is 2. The quantitative estimate of drug-likeness (QED) is 0.545. The fourth-order valence-electron chi connectivity index (χ4n) is 2.33. The number of aromatic nitrogens is 1. The molecule has 0 aromatic carbocycles. The monoisotopic (exact) mass is 296 g/mol. The molecule has 0 saturated carbocycles. The summed E-state index contributed by atoms with van der Waals surface area (Å²) in [6.45, 7) is 3.60. The smallest absolute Gasteiger partial charge is 0.313 e. The van der Waals surface area contributed by atoms with Crippen LogP contribution in [0.3, 0.4) is 0 Å². The number of piperidine rings is 1. The van der Waals surface area contributed by atoms with Gasteiger partial charge in [-0.1, -0.05) is 5.16 Å². The van der Waals surface area contributed by atoms with Crippen LogP contribution in [-0.2, 0) is 4.79 Å². The molecule has 1 aromatic heterocycles. The number of hydroxylamine groups is 1. The molecule has 116 valence electrons. The van der Waals surface area contributed by atoms with Gasteiger partial charge < -0.3 is 14.7 Å². The summed E-state index contributed by atoms with van der Waals surface area (Å²) in [5.74, 6) is -0.877. The zero-order chi connectivity index (χ0) is 15.4. The van der Waals surface area contributed by atoms with E-state index in [0.29, 0.717) is 5.69 Å². The number of likely N-dealkylation sites (tertiary alicyclic amines) is 1. The van der Waals surface area contributed by atoms with Gasteiger partial charge in [-0.3, -0.25) is 14.8 Å². The van der Waals surface area contributed by atoms with Gasteiger partial charge in [-0.25, -0.2) is 5.48 Å². The van der Waals surface area contributed by atoms with E-state index >= 15 is 0 Å². The Morgan fingerprint density at radius 1 is 1.48 bits per heavy atom. The number of amides is 2. The van der Waals surface area contributed by atoms with Crippen LogP contribution in [0.2, 0.25) is 0 Å². The largest absolute Gasteiger partial charge is 0.351 e. The number of rotatable bonds is 4. The number of hydrogen-bond acceptors (Lipinski definition) is 6. The van der Waals surface area contributed by atoms with Crippen molar-refractivity contribution >= 4 is 11.8 Å². The molecule has 0 radical (unpaired) electrons. The van der Waals surface area contributed by atoms with Gasteiger partial charge in [0.2, 0.25) is 11.7 Å². The zero-order valence-corrected chi connectivity index (χ0v) is 12.1. The third-order valence-electron chi connectivity index (χ3n) is 3.75. The lowest BCUT2D eigenvalue weighted by Gasteiger charge is -2.28. The van der Waals surface area contributed by atoms with Gasteiger partial charge in [0.1, 0.15) is 5.69 Å². The molecule has 2 heterocycles. The summed E-state index contributed by atoms with van der Waals surface area (Å²) in [5.41, 5.74) is 1.91. The molecule has 1 aromatic rings. The van der Waals surface area contributed by atoms with Crippen LogP contribution in [0.15, 0.2) is 10.6 Å². The molecule has 21 heavy (non-hydrogen) atoms. The maximum atomic E-state index is 12.2. The highest BCUT2D eigenvalue weighted by atomic mass is 16.5. The summed E-state index contributed by atoms with van der Waals surface area (Å²) >= 11 is 0. The Bertz CT molecular complexity index is 508. The normalized spacial score (nSPS) is 18.2. The van der Waals surface area contributed by atoms with Crippen LogP contribution in [0, 0.1) is 5.92 Å². The molecule has 0 spiro atoms. The molecule has 1 saturated heterocycles. The molecule has 0 aliphatic carbocycles. The van der Waals surface area contributed by atoms with Crippen molar-refractivity contribution in [3.05, 3.63) is 17.5 Å². The minimum Gasteiger partial charge on any atom is -0.351 e. The molecule has 3 N–H and O–H groups in total. The summed E-state index contributed by atoms with van der Waals surface area (Å²) in [7, 11) is 2.04. The highest BCUT2D eigenvalue weighted by Gasteiger charge is 2.25. The van der Waals surface area contributed by atoms with Gasteiger partial charge in [-0.2, -0.15) is 0 Å². The number of nitrogens with zero attached hydrogens (tertiary/aromatic N) is 2. The Hall–Kier alpha value is -1.93. The first-order valence-electron chi connectivity index (χ1n) is 6.91. The Morgan fingerprint density at radius 3 is 2.76 bits per heavy atom. The Balaban J connectivity index is 1.91. The average molecular weight is 296 g/mol. The Morgan fingerprint density at radius 2 is 2.14 bits per heavy atom. The molecule has 1 aliphatic rings. The van der Waals surface area contributed by atoms with Crippen LogP contribution < -0.4 is 10.8 Å². The van der Waals surface area contributed by atoms with Gasteiger partial charge in [0.15, 0.2) is 0 Å². The van der Waals surface area contributed by atoms with Crippen LogP contribution in [0.25, 0.3) is 0 Å². The van der Waals surface area contributed by atoms with Crippen LogP contribution >= 0.6 is 0 Å². The fraction of sp³-hybridized carbons (Fsp3) is 0.615. The van der Waals surface area contributed by atoms with Gasteiger partial charge in [-0.05, 0) is 39.9 Å². The first-order valence-corrected chi connectivity index (χ1v) is 6.91. The second-order valence-electron chi connectivity index (χ2n) is 5.36. The molecule has 1 aliphatic heterocycles. The van der Waals surface area contributed by atoms with Crippen molar-refractivity contribution in [2.45, 2.75) is 25.8 Å². The Labute approximate surface area is 122 Å². The van der Waals surface area contributed by atoms with Crippen molar-refractivity contribution in [3.63, 3.8) is 0 Å². The zero-order valence-electron chi connectivity index (χ0n) is 12.1. The van der Waals surface area contributed by atoms with Crippen molar-refractivity contribution < 1.29 is 19.3 Å². The van der Waals surface area contributed by atoms with Gasteiger partial charge >= 0.3 is 5.91 Å². The van der Waals surface area contributed by atoms with Crippen molar-refractivity contribution in [1.82, 2.24) is 20.9 Å². The highest BCUT2D eigenvalue weighted by molar-refractivity contribution is 5.90. The third-order valence-corrected chi connectivity index (χ3v) is 3.75. The molecule has 2 rings (SSSR count). The summed E-state index contributed by atoms with van der Waals surface area (Å²) in [4.78, 5) is 25.5. The van der Waals surface area contributed by atoms with E-state index in [4.69, 9.17) is 9.73 Å². The lowest BCUT2D eigenvalue weighted by Crippen LogP contribution is -2.39. The fourth-order valence-corrected chi connectivity index (χ4v) is 2.33. The number of carbonyl (C=O) groups is 2. The van der Waals surface area contributed by atoms with E-state index in [0.717, 1.165) is 25.9 Å². The van der Waals surface area contributed by atoms with Crippen LogP contribution in [-0.4, -0.2) is 47.2 Å². The van der Waals surface area contributed by atoms with Crippen LogP contribution in [0.5, 0.6) is 0 Å². The average Bonchev–Trinajstić information content (AvgIpc) is 2.97. The highest BCUT2D eigenvalue weighted by Crippen LogP contribution is 2.19. The maximum Gasteiger partial charge on any atom is 0.313 e. The Kier molecular flexibility index (Phi) is 4.92. The van der Waals surface area contributed by atoms with Crippen LogP contribution in [0.4, 0.5) is 0 Å². The van der Waals surface area contributed by atoms with E-state index in [1.165, 1.54) is 11.5 Å². The van der Waals surface area contributed by atoms with Crippen molar-refractivity contribution in [3.8, 4) is 0 Å². The summed E-state index contributed by atoms with van der Waals surface area (Å²) in [6, 6.07) is 1.03. The molecular formula is C13H20N4O4. The second-order valence-corrected chi connectivity index (χ2v) is 5.36. The van der Waals surface area contributed by atoms with E-state index in [1.54, 1.807) is 6.92 Å². The van der Waals surface area contributed by atoms with Crippen molar-refractivity contribution in [2.75, 3.05) is 20.1 Å². The summed E-state index contributed by atoms with van der Waals surface area (Å²) in [6.07, 6.45) is 1.68. The molecule has 2 amide bonds. The molecule has 1 fully saturated rings. The van der Waals surface area contributed by atoms with E-state index in [1.807, 2.05) is 7.05 Å². The summed E-state index contributed by atoms with van der Waals surface area (Å²) in [5, 5.41) is 15.1. The molecule has 0 bridgehead atoms. The predicted molar refractivity (Wildman–Crippen MR) is 72.5 cm³/mol. The first kappa shape index (κ1) is 15.5. The minimum absolute atomic E-state index is 0.00763. The standard InChI is InChI=1S/C13H20N4O4/c1-8(10-7-11(21-16-10)13(19)15-20)14-12(18)9-3-5-17(2)6-4-9/h7-9,20H,3-6H2,1-2H3,(H,14,18)(H,15,19). The minimum atomic E-state index is -0.775. The molecule has 1 atom stereocenters. The molecule has 1 unspecified atom stereocenters. The van der Waals surface area contributed by atoms with E-state index < -0.39 is 5.91 Å². The molecule has 8 nitrogen and oxygen atoms in total.